The number of aliphatic carboxylic acids is 1. The van der Waals surface area contributed by atoms with Crippen LogP contribution in [-0.2, 0) is 4.79 Å². The second-order valence-corrected chi connectivity index (χ2v) is 6.49. The van der Waals surface area contributed by atoms with Gasteiger partial charge in [-0.3, -0.25) is 4.79 Å². The first-order valence-electron chi connectivity index (χ1n) is 8.75. The molecular formula is C22H23F2NaO4. The normalized spacial score (nSPS) is 12.9. The van der Waals surface area contributed by atoms with Gasteiger partial charge in [-0.25, -0.2) is 8.78 Å². The number of aliphatic hydroxyl groups is 2. The van der Waals surface area contributed by atoms with Gasteiger partial charge in [-0.05, 0) is 53.5 Å². The molecule has 0 saturated carbocycles. The fourth-order valence-electron chi connectivity index (χ4n) is 2.84. The van der Waals surface area contributed by atoms with Crippen LogP contribution in [0.4, 0.5) is 8.78 Å². The first kappa shape index (κ1) is 25.2. The molecule has 0 aliphatic rings. The van der Waals surface area contributed by atoms with Gasteiger partial charge < -0.3 is 16.7 Å². The van der Waals surface area contributed by atoms with Gasteiger partial charge in [0, 0.05) is 6.42 Å². The summed E-state index contributed by atoms with van der Waals surface area (Å²) in [5, 5.41) is 28.3. The minimum absolute atomic E-state index is 0. The number of carboxylic acids is 1. The molecule has 2 unspecified atom stereocenters. The number of aliphatic hydroxyl groups excluding tert-OH is 2. The van der Waals surface area contributed by atoms with E-state index in [2.05, 4.69) is 0 Å². The van der Waals surface area contributed by atoms with Crippen molar-refractivity contribution in [2.24, 2.45) is 0 Å². The van der Waals surface area contributed by atoms with Crippen LogP contribution in [0.5, 0.6) is 0 Å². The molecule has 2 aromatic rings. The van der Waals surface area contributed by atoms with Gasteiger partial charge in [-0.2, -0.15) is 0 Å². The summed E-state index contributed by atoms with van der Waals surface area (Å²) in [6, 6.07) is 11.7. The van der Waals surface area contributed by atoms with Crippen LogP contribution in [0.15, 0.2) is 66.3 Å². The van der Waals surface area contributed by atoms with E-state index in [1.54, 1.807) is 37.3 Å². The van der Waals surface area contributed by atoms with Crippen LogP contribution in [0.1, 0.15) is 32.3 Å². The maximum atomic E-state index is 13.3. The number of allylic oxidation sites excluding steroid dienone is 2. The maximum Gasteiger partial charge on any atom is 1.00 e. The van der Waals surface area contributed by atoms with Crippen molar-refractivity contribution < 1.29 is 59.9 Å². The van der Waals surface area contributed by atoms with Crippen LogP contribution in [0.2, 0.25) is 0 Å². The van der Waals surface area contributed by atoms with Gasteiger partial charge in [0.25, 0.3) is 0 Å². The van der Waals surface area contributed by atoms with Gasteiger partial charge in [-0.1, -0.05) is 36.4 Å². The average molecular weight is 412 g/mol. The third-order valence-corrected chi connectivity index (χ3v) is 4.15. The molecule has 3 N–H and O–H groups in total. The fraction of sp³-hybridized carbons (Fsp3) is 0.227. The summed E-state index contributed by atoms with van der Waals surface area (Å²) in [6.45, 7) is 1.79. The van der Waals surface area contributed by atoms with Gasteiger partial charge >= 0.3 is 35.5 Å². The molecule has 2 atom stereocenters. The molecule has 0 spiro atoms. The summed E-state index contributed by atoms with van der Waals surface area (Å²) in [4.78, 5) is 10.6. The molecular weight excluding hydrogens is 389 g/mol. The summed E-state index contributed by atoms with van der Waals surface area (Å²) in [7, 11) is 0. The zero-order valence-electron chi connectivity index (χ0n) is 17.3. The third-order valence-electron chi connectivity index (χ3n) is 4.15. The fourth-order valence-corrected chi connectivity index (χ4v) is 2.84. The maximum absolute atomic E-state index is 13.3. The van der Waals surface area contributed by atoms with Crippen molar-refractivity contribution in [1.82, 2.24) is 0 Å². The number of hydrogen-bond acceptors (Lipinski definition) is 3. The minimum atomic E-state index is -1.16. The summed E-state index contributed by atoms with van der Waals surface area (Å²) < 4.78 is 26.6. The molecule has 29 heavy (non-hydrogen) atoms. The van der Waals surface area contributed by atoms with Crippen molar-refractivity contribution >= 4 is 11.5 Å². The van der Waals surface area contributed by atoms with E-state index in [9.17, 15) is 23.8 Å². The molecule has 150 valence electrons. The second-order valence-electron chi connectivity index (χ2n) is 6.49. The Hall–Kier alpha value is -1.83. The van der Waals surface area contributed by atoms with Crippen molar-refractivity contribution in [2.75, 3.05) is 0 Å². The molecule has 0 fully saturated rings. The quantitative estimate of drug-likeness (QED) is 0.448. The van der Waals surface area contributed by atoms with Crippen LogP contribution in [0, 0.1) is 11.6 Å². The number of carbonyl (C=O) groups is 1. The zero-order chi connectivity index (χ0) is 20.7. The van der Waals surface area contributed by atoms with E-state index >= 15 is 0 Å². The van der Waals surface area contributed by atoms with Crippen LogP contribution in [0.3, 0.4) is 0 Å². The summed E-state index contributed by atoms with van der Waals surface area (Å²) in [6.07, 6.45) is 0.338. The summed E-state index contributed by atoms with van der Waals surface area (Å²) in [5.74, 6) is -1.90. The van der Waals surface area contributed by atoms with Crippen molar-refractivity contribution in [2.45, 2.75) is 32.0 Å². The van der Waals surface area contributed by atoms with Gasteiger partial charge in [0.1, 0.15) is 11.6 Å². The predicted octanol–water partition coefficient (Wildman–Crippen LogP) is 1.05. The second kappa shape index (κ2) is 12.0. The van der Waals surface area contributed by atoms with Gasteiger partial charge in [-0.15, -0.1) is 0 Å². The first-order chi connectivity index (χ1) is 13.3. The van der Waals surface area contributed by atoms with Gasteiger partial charge in [0.2, 0.25) is 0 Å². The molecule has 0 amide bonds. The molecule has 7 heteroatoms. The van der Waals surface area contributed by atoms with E-state index in [4.69, 9.17) is 5.11 Å². The van der Waals surface area contributed by atoms with Crippen LogP contribution in [-0.4, -0.2) is 33.5 Å². The molecule has 0 aliphatic heterocycles. The molecule has 0 bridgehead atoms. The zero-order valence-corrected chi connectivity index (χ0v) is 18.3. The van der Waals surface area contributed by atoms with E-state index in [0.29, 0.717) is 0 Å². The van der Waals surface area contributed by atoms with Crippen LogP contribution < -0.4 is 29.6 Å². The number of carboxylic acid groups (broad SMARTS) is 1. The topological polar surface area (TPSA) is 77.8 Å². The SMILES string of the molecule is CC(/C=C/C(O)CC(O)CC(=O)O)=C(c1ccc(F)cc1)c1ccc(F)cc1.[H-].[Na+]. The molecule has 0 radical (unpaired) electrons. The Kier molecular flexibility index (Phi) is 10.4. The number of halogens is 2. The Morgan fingerprint density at radius 3 is 1.86 bits per heavy atom. The van der Waals surface area contributed by atoms with Crippen molar-refractivity contribution in [3.05, 3.63) is 89.0 Å². The molecule has 4 nitrogen and oxygen atoms in total. The predicted molar refractivity (Wildman–Crippen MR) is 104 cm³/mol. The smallest absolute Gasteiger partial charge is 1.00 e. The Balaban J connectivity index is 0.00000420. The van der Waals surface area contributed by atoms with Gasteiger partial charge in [0.15, 0.2) is 0 Å². The standard InChI is InChI=1S/C22H22F2O4.Na.H/c1-14(2-11-19(25)12-20(26)13-21(27)28)22(15-3-7-17(23)8-4-15)16-5-9-18(24)10-6-16;;/h2-11,19-20,25-26H,12-13H2,1H3,(H,27,28);;/q;+1;-1/b11-2+;;. The first-order valence-corrected chi connectivity index (χ1v) is 8.75. The Labute approximate surface area is 192 Å². The number of hydrogen-bond donors (Lipinski definition) is 3. The molecule has 0 aliphatic carbocycles. The Morgan fingerprint density at radius 1 is 1.00 bits per heavy atom. The van der Waals surface area contributed by atoms with Crippen molar-refractivity contribution in [3.8, 4) is 0 Å². The Bertz CT molecular complexity index is 820. The molecule has 0 aromatic heterocycles. The van der Waals surface area contributed by atoms with E-state index in [0.717, 1.165) is 22.3 Å². The van der Waals surface area contributed by atoms with Gasteiger partial charge in [0.05, 0.1) is 18.6 Å². The number of rotatable bonds is 8. The van der Waals surface area contributed by atoms with E-state index < -0.39 is 24.6 Å². The molecule has 2 rings (SSSR count). The van der Waals surface area contributed by atoms with Crippen LogP contribution in [0.25, 0.3) is 5.57 Å². The molecule has 2 aromatic carbocycles. The largest absolute Gasteiger partial charge is 1.00 e. The molecule has 0 heterocycles. The summed E-state index contributed by atoms with van der Waals surface area (Å²) in [5.41, 5.74) is 2.89. The summed E-state index contributed by atoms with van der Waals surface area (Å²) >= 11 is 0. The third kappa shape index (κ3) is 8.20. The molecule has 0 saturated heterocycles. The Morgan fingerprint density at radius 2 is 1.45 bits per heavy atom. The van der Waals surface area contributed by atoms with Crippen molar-refractivity contribution in [3.63, 3.8) is 0 Å². The van der Waals surface area contributed by atoms with Crippen molar-refractivity contribution in [1.29, 1.82) is 0 Å². The monoisotopic (exact) mass is 412 g/mol. The van der Waals surface area contributed by atoms with E-state index in [-0.39, 0.29) is 49.0 Å². The van der Waals surface area contributed by atoms with E-state index in [1.165, 1.54) is 30.3 Å². The number of benzene rings is 2. The van der Waals surface area contributed by atoms with E-state index in [1.807, 2.05) is 0 Å². The minimum Gasteiger partial charge on any atom is -1.00 e. The van der Waals surface area contributed by atoms with Crippen LogP contribution >= 0.6 is 0 Å². The average Bonchev–Trinajstić information content (AvgIpc) is 2.62.